The smallest absolute Gasteiger partial charge is 0.0482 e. The Morgan fingerprint density at radius 3 is 2.22 bits per heavy atom. The number of rotatable bonds is 5. The lowest BCUT2D eigenvalue weighted by atomic mass is 9.80. The molecular weight excluding hydrogens is 244 g/mol. The minimum atomic E-state index is -0.0272. The highest BCUT2D eigenvalue weighted by atomic mass is 35.5. The van der Waals surface area contributed by atoms with Gasteiger partial charge in [-0.2, -0.15) is 0 Å². The maximum Gasteiger partial charge on any atom is 0.0482 e. The molecule has 3 heteroatoms. The Balaban J connectivity index is 3.17. The summed E-state index contributed by atoms with van der Waals surface area (Å²) in [5, 5.41) is 0.794. The summed E-state index contributed by atoms with van der Waals surface area (Å²) in [6, 6.07) is 6.12. The van der Waals surface area contributed by atoms with Crippen LogP contribution in [0.2, 0.25) is 5.02 Å². The van der Waals surface area contributed by atoms with E-state index in [9.17, 15) is 0 Å². The van der Waals surface area contributed by atoms with Gasteiger partial charge in [-0.3, -0.25) is 0 Å². The second-order valence-electron chi connectivity index (χ2n) is 5.19. The fraction of sp³-hybridized carbons (Fsp3) is 0.600. The highest BCUT2D eigenvalue weighted by Crippen LogP contribution is 2.35. The highest BCUT2D eigenvalue weighted by Gasteiger charge is 2.36. The van der Waals surface area contributed by atoms with Crippen LogP contribution in [-0.4, -0.2) is 24.5 Å². The average Bonchev–Trinajstić information content (AvgIpc) is 2.34. The predicted molar refractivity (Wildman–Crippen MR) is 80.1 cm³/mol. The van der Waals surface area contributed by atoms with Gasteiger partial charge in [0.25, 0.3) is 0 Å². The Morgan fingerprint density at radius 2 is 1.83 bits per heavy atom. The van der Waals surface area contributed by atoms with Gasteiger partial charge in [0.2, 0.25) is 0 Å². The van der Waals surface area contributed by atoms with E-state index in [0.29, 0.717) is 0 Å². The minimum absolute atomic E-state index is 0.0153. The quantitative estimate of drug-likeness (QED) is 0.881. The molecule has 0 radical (unpaired) electrons. The van der Waals surface area contributed by atoms with E-state index in [1.54, 1.807) is 0 Å². The summed E-state index contributed by atoms with van der Waals surface area (Å²) in [7, 11) is 4.20. The molecule has 1 aromatic carbocycles. The SMILES string of the molecule is CCC(CC)(C(N)c1ccc(C)c(Cl)c1)N(C)C. The Hall–Kier alpha value is -0.570. The molecule has 1 rings (SSSR count). The van der Waals surface area contributed by atoms with Crippen molar-refractivity contribution < 1.29 is 0 Å². The molecular formula is C15H25ClN2. The zero-order valence-corrected chi connectivity index (χ0v) is 12.9. The van der Waals surface area contributed by atoms with Crippen molar-refractivity contribution in [2.24, 2.45) is 5.73 Å². The van der Waals surface area contributed by atoms with E-state index in [1.807, 2.05) is 19.1 Å². The summed E-state index contributed by atoms with van der Waals surface area (Å²) in [6.45, 7) is 6.40. The summed E-state index contributed by atoms with van der Waals surface area (Å²) in [5.74, 6) is 0. The molecule has 0 aromatic heterocycles. The van der Waals surface area contributed by atoms with Gasteiger partial charge in [-0.05, 0) is 51.1 Å². The van der Waals surface area contributed by atoms with Gasteiger partial charge in [-0.15, -0.1) is 0 Å². The molecule has 102 valence electrons. The van der Waals surface area contributed by atoms with Crippen molar-refractivity contribution >= 4 is 11.6 Å². The number of hydrogen-bond donors (Lipinski definition) is 1. The lowest BCUT2D eigenvalue weighted by Gasteiger charge is -2.43. The van der Waals surface area contributed by atoms with Crippen LogP contribution in [0.5, 0.6) is 0 Å². The van der Waals surface area contributed by atoms with Crippen LogP contribution in [-0.2, 0) is 0 Å². The maximum atomic E-state index is 6.51. The number of nitrogens with two attached hydrogens (primary N) is 1. The lowest BCUT2D eigenvalue weighted by Crippen LogP contribution is -2.51. The van der Waals surface area contributed by atoms with Gasteiger partial charge in [0.1, 0.15) is 0 Å². The average molecular weight is 269 g/mol. The number of aryl methyl sites for hydroxylation is 1. The molecule has 0 aliphatic heterocycles. The van der Waals surface area contributed by atoms with E-state index in [4.69, 9.17) is 17.3 Å². The molecule has 1 atom stereocenters. The van der Waals surface area contributed by atoms with Crippen LogP contribution in [0, 0.1) is 6.92 Å². The summed E-state index contributed by atoms with van der Waals surface area (Å²) in [5.41, 5.74) is 8.71. The summed E-state index contributed by atoms with van der Waals surface area (Å²) >= 11 is 6.20. The Morgan fingerprint density at radius 1 is 1.28 bits per heavy atom. The van der Waals surface area contributed by atoms with Crippen molar-refractivity contribution in [2.45, 2.75) is 45.2 Å². The normalized spacial score (nSPS) is 14.0. The summed E-state index contributed by atoms with van der Waals surface area (Å²) < 4.78 is 0. The number of benzene rings is 1. The van der Waals surface area contributed by atoms with E-state index in [-0.39, 0.29) is 11.6 Å². The zero-order valence-electron chi connectivity index (χ0n) is 12.1. The van der Waals surface area contributed by atoms with Crippen molar-refractivity contribution in [3.63, 3.8) is 0 Å². The van der Waals surface area contributed by atoms with Gasteiger partial charge < -0.3 is 10.6 Å². The molecule has 2 N–H and O–H groups in total. The maximum absolute atomic E-state index is 6.51. The van der Waals surface area contributed by atoms with E-state index >= 15 is 0 Å². The number of hydrogen-bond acceptors (Lipinski definition) is 2. The molecule has 1 aromatic rings. The minimum Gasteiger partial charge on any atom is -0.322 e. The lowest BCUT2D eigenvalue weighted by molar-refractivity contribution is 0.106. The van der Waals surface area contributed by atoms with Crippen LogP contribution < -0.4 is 5.73 Å². The second kappa shape index (κ2) is 6.05. The third kappa shape index (κ3) is 2.71. The van der Waals surface area contributed by atoms with Crippen LogP contribution in [0.4, 0.5) is 0 Å². The third-order valence-corrected chi connectivity index (χ3v) is 4.66. The Bertz CT molecular complexity index is 397. The molecule has 18 heavy (non-hydrogen) atoms. The molecule has 0 amide bonds. The molecule has 0 aliphatic rings. The van der Waals surface area contributed by atoms with E-state index in [0.717, 1.165) is 29.0 Å². The van der Waals surface area contributed by atoms with Crippen LogP contribution in [0.1, 0.15) is 43.9 Å². The first-order valence-electron chi connectivity index (χ1n) is 6.58. The fourth-order valence-corrected chi connectivity index (χ4v) is 2.90. The fourth-order valence-electron chi connectivity index (χ4n) is 2.71. The first-order valence-corrected chi connectivity index (χ1v) is 6.96. The third-order valence-electron chi connectivity index (χ3n) is 4.25. The predicted octanol–water partition coefficient (Wildman–Crippen LogP) is 3.77. The van der Waals surface area contributed by atoms with Crippen molar-refractivity contribution in [1.82, 2.24) is 4.90 Å². The molecule has 0 bridgehead atoms. The Kier molecular flexibility index (Phi) is 5.20. The number of likely N-dealkylation sites (N-methyl/N-ethyl adjacent to an activating group) is 1. The second-order valence-corrected chi connectivity index (χ2v) is 5.60. The van der Waals surface area contributed by atoms with Crippen LogP contribution in [0.25, 0.3) is 0 Å². The van der Waals surface area contributed by atoms with E-state index in [2.05, 4.69) is 38.9 Å². The monoisotopic (exact) mass is 268 g/mol. The van der Waals surface area contributed by atoms with Crippen LogP contribution in [0.15, 0.2) is 18.2 Å². The molecule has 1 unspecified atom stereocenters. The molecule has 0 saturated carbocycles. The summed E-state index contributed by atoms with van der Waals surface area (Å²) in [4.78, 5) is 2.24. The van der Waals surface area contributed by atoms with Gasteiger partial charge >= 0.3 is 0 Å². The first-order chi connectivity index (χ1) is 8.39. The molecule has 0 spiro atoms. The van der Waals surface area contributed by atoms with Gasteiger partial charge in [0.15, 0.2) is 0 Å². The Labute approximate surface area is 116 Å². The van der Waals surface area contributed by atoms with Gasteiger partial charge in [0.05, 0.1) is 0 Å². The van der Waals surface area contributed by atoms with E-state index in [1.165, 1.54) is 0 Å². The molecule has 2 nitrogen and oxygen atoms in total. The molecule has 0 fully saturated rings. The van der Waals surface area contributed by atoms with Crippen molar-refractivity contribution in [3.05, 3.63) is 34.3 Å². The molecule has 0 aliphatic carbocycles. The molecule has 0 saturated heterocycles. The van der Waals surface area contributed by atoms with Crippen molar-refractivity contribution in [2.75, 3.05) is 14.1 Å². The van der Waals surface area contributed by atoms with Crippen molar-refractivity contribution in [1.29, 1.82) is 0 Å². The number of halogens is 1. The standard InChI is InChI=1S/C15H25ClN2/c1-6-15(7-2,18(4)5)14(17)12-9-8-11(3)13(16)10-12/h8-10,14H,6-7,17H2,1-5H3. The van der Waals surface area contributed by atoms with Crippen LogP contribution >= 0.6 is 11.6 Å². The van der Waals surface area contributed by atoms with Gasteiger partial charge in [-0.25, -0.2) is 0 Å². The highest BCUT2D eigenvalue weighted by molar-refractivity contribution is 6.31. The van der Waals surface area contributed by atoms with E-state index < -0.39 is 0 Å². The molecule has 0 heterocycles. The largest absolute Gasteiger partial charge is 0.322 e. The van der Waals surface area contributed by atoms with Crippen LogP contribution in [0.3, 0.4) is 0 Å². The van der Waals surface area contributed by atoms with Gasteiger partial charge in [0, 0.05) is 16.6 Å². The summed E-state index contributed by atoms with van der Waals surface area (Å²) in [6.07, 6.45) is 2.03. The van der Waals surface area contributed by atoms with Crippen molar-refractivity contribution in [3.8, 4) is 0 Å². The van der Waals surface area contributed by atoms with Gasteiger partial charge in [-0.1, -0.05) is 37.6 Å². The topological polar surface area (TPSA) is 29.3 Å². The first kappa shape index (κ1) is 15.5. The number of nitrogens with zero attached hydrogens (tertiary/aromatic N) is 1. The zero-order chi connectivity index (χ0) is 13.9.